The van der Waals surface area contributed by atoms with Crippen molar-refractivity contribution in [3.63, 3.8) is 0 Å². The van der Waals surface area contributed by atoms with Crippen LogP contribution < -0.4 is 16.0 Å². The van der Waals surface area contributed by atoms with Gasteiger partial charge in [-0.1, -0.05) is 118 Å². The molecule has 2 aliphatic heterocycles. The van der Waals surface area contributed by atoms with Crippen LogP contribution in [-0.4, -0.2) is 164 Å². The molecule has 7 aromatic carbocycles. The minimum absolute atomic E-state index is 0.0121. The summed E-state index contributed by atoms with van der Waals surface area (Å²) in [6, 6.07) is 32.2. The second-order valence-corrected chi connectivity index (χ2v) is 36.9. The number of sulfone groups is 2. The molecule has 620 valence electrons. The Morgan fingerprint density at radius 1 is 0.610 bits per heavy atom. The molecule has 0 fully saturated rings. The van der Waals surface area contributed by atoms with Crippen LogP contribution >= 0.6 is 69.6 Å². The number of aryl methyl sites for hydroxylation is 1. The van der Waals surface area contributed by atoms with Crippen molar-refractivity contribution in [1.29, 1.82) is 0 Å². The number of furan rings is 2. The van der Waals surface area contributed by atoms with Crippen molar-refractivity contribution in [3.05, 3.63) is 266 Å². The molecule has 2 unspecified atom stereocenters. The zero-order chi connectivity index (χ0) is 85.6. The fourth-order valence-electron chi connectivity index (χ4n) is 13.9. The zero-order valence-corrected chi connectivity index (χ0v) is 69.8. The largest absolute Gasteiger partial charge is 0.480 e. The molecule has 10 aromatic rings. The monoisotopic (exact) mass is 1790 g/mol. The van der Waals surface area contributed by atoms with Gasteiger partial charge in [0, 0.05) is 90.7 Å². The molecule has 0 radical (unpaired) electrons. The molecular weight excluding hydrogens is 1720 g/mol. The number of carboxylic acids is 3. The molecular formula is C82H75Cl6FN6O20S3. The summed E-state index contributed by atoms with van der Waals surface area (Å²) in [5, 5.41) is 48.8. The summed E-state index contributed by atoms with van der Waals surface area (Å²) < 4.78 is 96.2. The van der Waals surface area contributed by atoms with E-state index >= 15 is 0 Å². The van der Waals surface area contributed by atoms with Gasteiger partial charge >= 0.3 is 17.9 Å². The number of nitrogens with zero attached hydrogens (tertiary/aromatic N) is 2. The molecule has 5 atom stereocenters. The summed E-state index contributed by atoms with van der Waals surface area (Å²) >= 11 is 38.5. The third-order valence-corrected chi connectivity index (χ3v) is 25.3. The summed E-state index contributed by atoms with van der Waals surface area (Å²) in [7, 11) is -10.5. The number of hydrogen-bond donors (Lipinski definition) is 8. The van der Waals surface area contributed by atoms with Crippen LogP contribution in [0, 0.1) is 11.7 Å². The molecule has 0 saturated heterocycles. The number of nitrogens with one attached hydrogen (secondary N) is 4. The molecule has 0 saturated carbocycles. The van der Waals surface area contributed by atoms with Gasteiger partial charge < -0.3 is 55.1 Å². The van der Waals surface area contributed by atoms with Crippen molar-refractivity contribution in [1.82, 2.24) is 30.1 Å². The fraction of sp³-hybridized carbons (Fsp3) is 0.268. The minimum Gasteiger partial charge on any atom is -0.480 e. The van der Waals surface area contributed by atoms with E-state index in [1.165, 1.54) is 52.8 Å². The van der Waals surface area contributed by atoms with E-state index in [1.54, 1.807) is 96.1 Å². The van der Waals surface area contributed by atoms with E-state index in [0.29, 0.717) is 130 Å². The Hall–Kier alpha value is -9.96. The van der Waals surface area contributed by atoms with Crippen LogP contribution in [0.15, 0.2) is 176 Å². The molecule has 1 aliphatic carbocycles. The van der Waals surface area contributed by atoms with Crippen LogP contribution in [0.25, 0.3) is 21.9 Å². The number of H-pyrrole nitrogens is 1. The number of amides is 4. The average molecular weight is 1790 g/mol. The summed E-state index contributed by atoms with van der Waals surface area (Å²) in [5.41, 5.74) is 7.30. The number of ketones is 1. The third kappa shape index (κ3) is 21.9. The lowest BCUT2D eigenvalue weighted by Gasteiger charge is -2.30. The van der Waals surface area contributed by atoms with Crippen LogP contribution in [0.5, 0.6) is 0 Å². The van der Waals surface area contributed by atoms with E-state index in [2.05, 4.69) is 20.9 Å². The number of Topliss-reactive ketones (excluding diaryl/α,β-unsaturated/α-hetero) is 1. The number of fused-ring (bicyclic) bond motifs is 4. The second kappa shape index (κ2) is 37.5. The van der Waals surface area contributed by atoms with E-state index < -0.39 is 101 Å². The van der Waals surface area contributed by atoms with E-state index in [0.717, 1.165) is 29.7 Å². The lowest BCUT2D eigenvalue weighted by Crippen LogP contribution is -2.43. The highest BCUT2D eigenvalue weighted by Crippen LogP contribution is 2.40. The van der Waals surface area contributed by atoms with E-state index in [4.69, 9.17) is 78.4 Å². The predicted molar refractivity (Wildman–Crippen MR) is 441 cm³/mol. The van der Waals surface area contributed by atoms with Crippen molar-refractivity contribution in [3.8, 4) is 0 Å². The number of rotatable bonds is 25. The number of hydrogen-bond acceptors (Lipinski definition) is 17. The average Bonchev–Trinajstić information content (AvgIpc) is 1.15. The number of aliphatic hydroxyl groups is 1. The van der Waals surface area contributed by atoms with Gasteiger partial charge in [-0.3, -0.25) is 24.0 Å². The zero-order valence-electron chi connectivity index (χ0n) is 62.8. The van der Waals surface area contributed by atoms with Crippen LogP contribution in [-0.2, 0) is 89.2 Å². The highest BCUT2D eigenvalue weighted by atomic mass is 35.5. The predicted octanol–water partition coefficient (Wildman–Crippen LogP) is 13.6. The van der Waals surface area contributed by atoms with Crippen LogP contribution in [0.3, 0.4) is 0 Å². The Labute approximate surface area is 706 Å². The number of carbonyl (C=O) groups excluding carboxylic acids is 5. The maximum absolute atomic E-state index is 13.6. The molecule has 3 aliphatic rings. The van der Waals surface area contributed by atoms with Gasteiger partial charge in [-0.15, -0.1) is 0 Å². The Morgan fingerprint density at radius 2 is 1.26 bits per heavy atom. The van der Waals surface area contributed by atoms with E-state index in [-0.39, 0.29) is 102 Å². The van der Waals surface area contributed by atoms with Gasteiger partial charge in [0.05, 0.1) is 71.0 Å². The Morgan fingerprint density at radius 3 is 1.91 bits per heavy atom. The normalized spacial score (nSPS) is 15.3. The Bertz CT molecular complexity index is 6050. The Kier molecular flexibility index (Phi) is 28.3. The smallest absolute Gasteiger partial charge is 0.326 e. The summed E-state index contributed by atoms with van der Waals surface area (Å²) in [5.74, 6) is -7.22. The van der Waals surface area contributed by atoms with Crippen molar-refractivity contribution < 1.29 is 97.3 Å². The number of aliphatic carboxylic acids is 3. The molecule has 36 heteroatoms. The Balaban J connectivity index is 0.000000174. The van der Waals surface area contributed by atoms with Gasteiger partial charge in [-0.05, 0) is 187 Å². The van der Waals surface area contributed by atoms with Gasteiger partial charge in [0.2, 0.25) is 25.0 Å². The van der Waals surface area contributed by atoms with Crippen molar-refractivity contribution in [2.24, 2.45) is 5.92 Å². The van der Waals surface area contributed by atoms with Crippen LogP contribution in [0.2, 0.25) is 30.1 Å². The summed E-state index contributed by atoms with van der Waals surface area (Å²) in [6.45, 7) is 0.958. The highest BCUT2D eigenvalue weighted by molar-refractivity contribution is 7.91. The second-order valence-electron chi connectivity index (χ2n) is 28.5. The molecule has 0 bridgehead atoms. The molecule has 8 N–H and O–H groups in total. The maximum atomic E-state index is 13.6. The standard InChI is InChI=1S/C28H23Cl2FN2O7S.C28H27Cl2N3O7S.C26H25Cl2NO6S/c1-41(38,39)23-7-4-17(40-23)12-22(28(36)37)33-27(35)24-19(29)10-14-8-13(2-5-18(14)25(24)30)26(34)21-11-15-9-16(31)3-6-20(15)32-21;1-41(38,39)33-8-2-3-16(14-33)11-22(28(36)37)31-26(34)24-21(29)12-19-15-32(9-6-20(19)25(24)30)27(35)18-5-4-17-7-10-40-23(17)13-18;1-36(34,35)20-7-2-4-17(12-20)14-23(26(32)33)29-25(31)21-10-8-16(13-22(21)28)9-11-24(30)18-5-3-6-19(27)15-18/h3-4,6-7,9-11,13,22,32H,2,5,8,12H2,1H3,(H,33,35)(H,36,37);3-5,7,10,12-13,22H,2,6,8-9,11,14-15H2,1H3,(H,31,34)(H,36,37);2-8,10,12-13,15,23-24,30H,9,11,14H2,1H3,(H,29,31)(H,32,33)/t13?,22-;22-;23-,24?/m000/s1. The lowest BCUT2D eigenvalue weighted by molar-refractivity contribution is -0.140. The van der Waals surface area contributed by atoms with Crippen molar-refractivity contribution in [2.75, 3.05) is 38.4 Å². The van der Waals surface area contributed by atoms with Gasteiger partial charge in [0.15, 0.2) is 15.6 Å². The number of sulfonamides is 1. The van der Waals surface area contributed by atoms with Gasteiger partial charge in [-0.25, -0.2) is 44.0 Å². The molecule has 13 rings (SSSR count). The quantitative estimate of drug-likeness (QED) is 0.0195. The minimum atomic E-state index is -3.63. The van der Waals surface area contributed by atoms with Crippen LogP contribution in [0.1, 0.15) is 128 Å². The number of aromatic amines is 1. The first-order valence-electron chi connectivity index (χ1n) is 36.3. The highest BCUT2D eigenvalue weighted by Gasteiger charge is 2.36. The maximum Gasteiger partial charge on any atom is 0.326 e. The fourth-order valence-corrected chi connectivity index (χ4v) is 18.0. The third-order valence-electron chi connectivity index (χ3n) is 20.0. The number of aliphatic hydroxyl groups excluding tert-OH is 1. The van der Waals surface area contributed by atoms with Crippen LogP contribution in [0.4, 0.5) is 4.39 Å². The number of benzene rings is 7. The number of aromatic nitrogens is 1. The number of halogens is 7. The molecule has 26 nitrogen and oxygen atoms in total. The summed E-state index contributed by atoms with van der Waals surface area (Å²) in [6.07, 6.45) is 8.10. The van der Waals surface area contributed by atoms with E-state index in [1.807, 2.05) is 12.1 Å². The molecule has 0 spiro atoms. The topological polar surface area (TPSA) is 405 Å². The first-order valence-corrected chi connectivity index (χ1v) is 44.2. The van der Waals surface area contributed by atoms with E-state index in [9.17, 15) is 88.4 Å². The molecule has 3 aromatic heterocycles. The molecule has 4 amide bonds. The van der Waals surface area contributed by atoms with Gasteiger partial charge in [-0.2, -0.15) is 4.31 Å². The number of carbonyl (C=O) groups is 8. The number of carboxylic acid groups (broad SMARTS) is 3. The summed E-state index contributed by atoms with van der Waals surface area (Å²) in [4.78, 5) is 106. The van der Waals surface area contributed by atoms with Gasteiger partial charge in [0.25, 0.3) is 23.6 Å². The SMILES string of the molecule is CS(=O)(=O)N1CCC=C(C[C@H](NC(=O)c2c(Cl)cc3c(c2Cl)CCN(C(=O)c2ccc4ccoc4c2)C3)C(=O)O)C1.CS(=O)(=O)c1ccc(C[C@H](NC(=O)c2c(Cl)cc3c(c2Cl)CCC(C(=O)c2cc4cc(F)ccc4[nH]2)C3)C(=O)O)o1.CS(=O)(=O)c1cccc(C[C@H](NC(=O)c2ccc(CCC(O)c3cccc(Cl)c3)cc2Cl)C(=O)O)c1. The molecule has 118 heavy (non-hydrogen) atoms. The first kappa shape index (κ1) is 88.8. The van der Waals surface area contributed by atoms with Crippen molar-refractivity contribution in [2.45, 2.75) is 105 Å². The van der Waals surface area contributed by atoms with Gasteiger partial charge in [0.1, 0.15) is 35.3 Å². The lowest BCUT2D eigenvalue weighted by atomic mass is 9.80. The van der Waals surface area contributed by atoms with Crippen molar-refractivity contribution >= 4 is 168 Å². The molecule has 5 heterocycles. The first-order chi connectivity index (χ1) is 55.7.